The molecule has 1 amide bonds. The van der Waals surface area contributed by atoms with Gasteiger partial charge in [0.1, 0.15) is 10.7 Å². The van der Waals surface area contributed by atoms with Gasteiger partial charge in [-0.1, -0.05) is 30.3 Å². The normalized spacial score (nSPS) is 12.6. The molecule has 0 spiro atoms. The molecule has 1 heterocycles. The van der Waals surface area contributed by atoms with Crippen molar-refractivity contribution in [1.82, 2.24) is 5.32 Å². The van der Waals surface area contributed by atoms with Gasteiger partial charge in [0.05, 0.1) is 5.92 Å². The van der Waals surface area contributed by atoms with Crippen LogP contribution in [-0.2, 0) is 21.2 Å². The molecule has 0 saturated heterocycles. The number of hydrogen-bond donors (Lipinski definition) is 3. The molecule has 2 aromatic rings. The van der Waals surface area contributed by atoms with Gasteiger partial charge in [0, 0.05) is 12.6 Å². The molecule has 0 aliphatic carbocycles. The van der Waals surface area contributed by atoms with Crippen molar-refractivity contribution in [3.8, 4) is 0 Å². The molecule has 1 unspecified atom stereocenters. The summed E-state index contributed by atoms with van der Waals surface area (Å²) in [5, 5.41) is 16.8. The van der Waals surface area contributed by atoms with Gasteiger partial charge in [-0.2, -0.15) is 0 Å². The number of hydrogen-bond acceptors (Lipinski definition) is 5. The number of carbonyl (C=O) groups excluding carboxylic acids is 1. The number of aryl methyl sites for hydroxylation is 1. The zero-order valence-electron chi connectivity index (χ0n) is 13.4. The van der Waals surface area contributed by atoms with Gasteiger partial charge >= 0.3 is 5.97 Å². The lowest BCUT2D eigenvalue weighted by Gasteiger charge is -2.13. The zero-order chi connectivity index (χ0) is 18.6. The number of furan rings is 1. The van der Waals surface area contributed by atoms with E-state index in [0.717, 1.165) is 11.6 Å². The molecule has 0 aliphatic rings. The first-order chi connectivity index (χ1) is 11.7. The maximum absolute atomic E-state index is 12.1. The van der Waals surface area contributed by atoms with E-state index in [9.17, 15) is 23.1 Å². The van der Waals surface area contributed by atoms with Crippen molar-refractivity contribution >= 4 is 21.9 Å². The van der Waals surface area contributed by atoms with E-state index in [4.69, 9.17) is 9.56 Å². The van der Waals surface area contributed by atoms with Crippen LogP contribution in [-0.4, -0.2) is 31.9 Å². The summed E-state index contributed by atoms with van der Waals surface area (Å²) in [5.74, 6) is -2.85. The predicted octanol–water partition coefficient (Wildman–Crippen LogP) is 0.909. The summed E-state index contributed by atoms with van der Waals surface area (Å²) in [6, 6.07) is 10.0. The van der Waals surface area contributed by atoms with Crippen LogP contribution in [0.1, 0.15) is 21.9 Å². The van der Waals surface area contributed by atoms with Gasteiger partial charge in [-0.05, 0) is 18.9 Å². The lowest BCUT2D eigenvalue weighted by molar-refractivity contribution is -0.141. The monoisotopic (exact) mass is 366 g/mol. The molecule has 1 aromatic heterocycles. The number of amides is 1. The smallest absolute Gasteiger partial charge is 0.308 e. The highest BCUT2D eigenvalue weighted by molar-refractivity contribution is 7.89. The number of carbonyl (C=O) groups is 2. The maximum Gasteiger partial charge on any atom is 0.308 e. The molecule has 8 nitrogen and oxygen atoms in total. The van der Waals surface area contributed by atoms with Gasteiger partial charge in [-0.15, -0.1) is 0 Å². The number of carboxylic acid groups (broad SMARTS) is 1. The number of nitrogens with one attached hydrogen (secondary N) is 1. The van der Waals surface area contributed by atoms with E-state index in [1.54, 1.807) is 24.3 Å². The van der Waals surface area contributed by atoms with Crippen molar-refractivity contribution in [2.24, 2.45) is 11.1 Å². The number of sulfonamides is 1. The van der Waals surface area contributed by atoms with E-state index in [1.165, 1.54) is 6.92 Å². The highest BCUT2D eigenvalue weighted by Gasteiger charge is 2.23. The summed E-state index contributed by atoms with van der Waals surface area (Å²) in [4.78, 5) is 23.2. The van der Waals surface area contributed by atoms with Crippen LogP contribution in [0.3, 0.4) is 0 Å². The first-order valence-corrected chi connectivity index (χ1v) is 8.91. The first kappa shape index (κ1) is 18.7. The molecular formula is C16H18N2O6S. The van der Waals surface area contributed by atoms with E-state index in [0.29, 0.717) is 0 Å². The van der Waals surface area contributed by atoms with Crippen LogP contribution < -0.4 is 10.5 Å². The second-order valence-electron chi connectivity index (χ2n) is 5.51. The zero-order valence-corrected chi connectivity index (χ0v) is 14.2. The van der Waals surface area contributed by atoms with E-state index >= 15 is 0 Å². The van der Waals surface area contributed by atoms with Crippen molar-refractivity contribution in [2.75, 3.05) is 6.54 Å². The number of nitrogens with two attached hydrogens (primary N) is 1. The molecule has 1 atom stereocenters. The molecule has 25 heavy (non-hydrogen) atoms. The largest absolute Gasteiger partial charge is 0.481 e. The van der Waals surface area contributed by atoms with Crippen LogP contribution in [0.2, 0.25) is 0 Å². The molecule has 134 valence electrons. The molecule has 0 fully saturated rings. The summed E-state index contributed by atoms with van der Waals surface area (Å²) in [6.07, 6.45) is 0.246. The topological polar surface area (TPSA) is 140 Å². The van der Waals surface area contributed by atoms with Crippen molar-refractivity contribution in [3.05, 3.63) is 53.5 Å². The predicted molar refractivity (Wildman–Crippen MR) is 88.4 cm³/mol. The van der Waals surface area contributed by atoms with E-state index in [1.807, 2.05) is 6.07 Å². The maximum atomic E-state index is 12.1. The van der Waals surface area contributed by atoms with Gasteiger partial charge in [-0.3, -0.25) is 9.59 Å². The van der Waals surface area contributed by atoms with Crippen LogP contribution in [0.5, 0.6) is 0 Å². The quantitative estimate of drug-likeness (QED) is 0.665. The molecule has 2 rings (SSSR count). The first-order valence-electron chi connectivity index (χ1n) is 7.36. The Bertz CT molecular complexity index is 873. The molecule has 9 heteroatoms. The summed E-state index contributed by atoms with van der Waals surface area (Å²) in [5.41, 5.74) is 0.828. The third-order valence-corrected chi connectivity index (χ3v) is 4.60. The van der Waals surface area contributed by atoms with Crippen molar-refractivity contribution in [2.45, 2.75) is 18.2 Å². The Morgan fingerprint density at radius 1 is 1.28 bits per heavy atom. The SMILES string of the molecule is Cc1oc(C(=O)NCC(Cc2ccccc2)C(=O)O)cc1S(N)(=O)=O. The van der Waals surface area contributed by atoms with E-state index in [2.05, 4.69) is 5.32 Å². The Labute approximate surface area is 144 Å². The summed E-state index contributed by atoms with van der Waals surface area (Å²) in [7, 11) is -4.00. The number of primary sulfonamides is 1. The summed E-state index contributed by atoms with van der Waals surface area (Å²) >= 11 is 0. The minimum Gasteiger partial charge on any atom is -0.481 e. The fourth-order valence-electron chi connectivity index (χ4n) is 2.31. The Hall–Kier alpha value is -2.65. The van der Waals surface area contributed by atoms with Crippen molar-refractivity contribution in [1.29, 1.82) is 0 Å². The lowest BCUT2D eigenvalue weighted by Crippen LogP contribution is -2.34. The molecular weight excluding hydrogens is 348 g/mol. The summed E-state index contributed by atoms with van der Waals surface area (Å²) < 4.78 is 27.8. The fraction of sp³-hybridized carbons (Fsp3) is 0.250. The van der Waals surface area contributed by atoms with Gasteiger partial charge in [-0.25, -0.2) is 13.6 Å². The van der Waals surface area contributed by atoms with Crippen molar-refractivity contribution in [3.63, 3.8) is 0 Å². The summed E-state index contributed by atoms with van der Waals surface area (Å²) in [6.45, 7) is 1.24. The Balaban J connectivity index is 2.05. The second-order valence-corrected chi connectivity index (χ2v) is 7.04. The van der Waals surface area contributed by atoms with E-state index in [-0.39, 0.29) is 29.4 Å². The average Bonchev–Trinajstić information content (AvgIpc) is 2.94. The standard InChI is InChI=1S/C16H18N2O6S/c1-10-14(25(17,22)23)8-13(24-10)15(19)18-9-12(16(20)21)7-11-5-3-2-4-6-11/h2-6,8,12H,7,9H2,1H3,(H,18,19)(H,20,21)(H2,17,22,23). The third-order valence-electron chi connectivity index (χ3n) is 3.59. The van der Waals surface area contributed by atoms with Crippen molar-refractivity contribution < 1.29 is 27.5 Å². The fourth-order valence-corrected chi connectivity index (χ4v) is 3.02. The van der Waals surface area contributed by atoms with Gasteiger partial charge in [0.15, 0.2) is 5.76 Å². The Kier molecular flexibility index (Phi) is 5.60. The molecule has 4 N–H and O–H groups in total. The van der Waals surface area contributed by atoms with E-state index < -0.39 is 27.8 Å². The molecule has 0 aliphatic heterocycles. The Morgan fingerprint density at radius 3 is 2.44 bits per heavy atom. The third kappa shape index (κ3) is 4.91. The van der Waals surface area contributed by atoms with Gasteiger partial charge in [0.25, 0.3) is 5.91 Å². The van der Waals surface area contributed by atoms with Gasteiger partial charge in [0.2, 0.25) is 10.0 Å². The number of aliphatic carboxylic acids is 1. The minimum absolute atomic E-state index is 0.00767. The van der Waals surface area contributed by atoms with Crippen LogP contribution in [0.15, 0.2) is 45.7 Å². The lowest BCUT2D eigenvalue weighted by atomic mass is 9.99. The highest BCUT2D eigenvalue weighted by Crippen LogP contribution is 2.18. The van der Waals surface area contributed by atoms with Crippen LogP contribution in [0.25, 0.3) is 0 Å². The number of benzene rings is 1. The number of rotatable bonds is 7. The molecule has 0 saturated carbocycles. The molecule has 1 aromatic carbocycles. The van der Waals surface area contributed by atoms with Crippen LogP contribution in [0, 0.1) is 12.8 Å². The van der Waals surface area contributed by atoms with Crippen LogP contribution in [0.4, 0.5) is 0 Å². The highest BCUT2D eigenvalue weighted by atomic mass is 32.2. The average molecular weight is 366 g/mol. The minimum atomic E-state index is -4.00. The molecule has 0 radical (unpaired) electrons. The second kappa shape index (κ2) is 7.49. The molecule has 0 bridgehead atoms. The Morgan fingerprint density at radius 2 is 1.92 bits per heavy atom. The van der Waals surface area contributed by atoms with Gasteiger partial charge < -0.3 is 14.8 Å². The number of carboxylic acids is 1. The van der Waals surface area contributed by atoms with Crippen LogP contribution >= 0.6 is 0 Å².